The second-order valence-corrected chi connectivity index (χ2v) is 15.0. The number of carbonyl (C=O) groups is 1. The summed E-state index contributed by atoms with van der Waals surface area (Å²) in [5, 5.41) is 31.8. The highest BCUT2D eigenvalue weighted by Crippen LogP contribution is 2.44. The van der Waals surface area contributed by atoms with Crippen LogP contribution in [-0.4, -0.2) is 77.8 Å². The highest BCUT2D eigenvalue weighted by Gasteiger charge is 2.36. The van der Waals surface area contributed by atoms with Crippen molar-refractivity contribution < 1.29 is 36.9 Å². The Morgan fingerprint density at radius 1 is 0.628 bits per heavy atom. The SMILES string of the molecule is O=C(c1cc(S(=O)(=O)N2CCc3ccccc3C2)c(O)c(O)c1O)N1CCc2ccc(S(=O)(=O)N3CCCCC3)cc2C1. The topological polar surface area (TPSA) is 156 Å². The number of aromatic hydroxyl groups is 3. The number of hydrogen-bond acceptors (Lipinski definition) is 8. The number of piperidine rings is 1. The molecule has 3 aromatic rings. The third-order valence-electron chi connectivity index (χ3n) is 8.59. The van der Waals surface area contributed by atoms with Gasteiger partial charge < -0.3 is 20.2 Å². The molecule has 6 rings (SSSR count). The van der Waals surface area contributed by atoms with E-state index in [1.807, 2.05) is 18.2 Å². The molecule has 0 unspecified atom stereocenters. The van der Waals surface area contributed by atoms with Crippen LogP contribution in [-0.2, 0) is 46.0 Å². The molecule has 228 valence electrons. The number of rotatable bonds is 5. The van der Waals surface area contributed by atoms with Gasteiger partial charge in [0, 0.05) is 39.3 Å². The van der Waals surface area contributed by atoms with Gasteiger partial charge in [-0.1, -0.05) is 36.8 Å². The Morgan fingerprint density at radius 3 is 2.05 bits per heavy atom. The number of benzene rings is 3. The predicted octanol–water partition coefficient (Wildman–Crippen LogP) is 2.92. The monoisotopic (exact) mass is 627 g/mol. The molecule has 1 saturated heterocycles. The van der Waals surface area contributed by atoms with Gasteiger partial charge >= 0.3 is 0 Å². The molecule has 3 heterocycles. The Kier molecular flexibility index (Phi) is 7.61. The van der Waals surface area contributed by atoms with Gasteiger partial charge in [0.1, 0.15) is 4.90 Å². The van der Waals surface area contributed by atoms with Crippen molar-refractivity contribution in [1.82, 2.24) is 13.5 Å². The second-order valence-electron chi connectivity index (χ2n) is 11.2. The van der Waals surface area contributed by atoms with Gasteiger partial charge in [-0.15, -0.1) is 0 Å². The van der Waals surface area contributed by atoms with E-state index in [1.54, 1.807) is 24.3 Å². The van der Waals surface area contributed by atoms with Crippen molar-refractivity contribution in [3.63, 3.8) is 0 Å². The lowest BCUT2D eigenvalue weighted by Gasteiger charge is -2.31. The minimum atomic E-state index is -4.37. The van der Waals surface area contributed by atoms with Crippen LogP contribution in [0.25, 0.3) is 0 Å². The fraction of sp³-hybridized carbons (Fsp3) is 0.367. The summed E-state index contributed by atoms with van der Waals surface area (Å²) in [6.07, 6.45) is 3.46. The standard InChI is InChI=1S/C30H33N3O8S2/c34-27-25(17-26(28(35)29(27)36)43(40,41)33-15-11-20-6-2-3-7-22(20)19-33)30(37)31-14-10-21-8-9-24(16-23(21)18-31)42(38,39)32-12-4-1-5-13-32/h2-3,6-9,16-17,34-36H,1,4-5,10-15,18-19H2. The summed E-state index contributed by atoms with van der Waals surface area (Å²) in [7, 11) is -8.07. The molecule has 1 amide bonds. The van der Waals surface area contributed by atoms with Crippen LogP contribution in [0, 0.1) is 0 Å². The minimum Gasteiger partial charge on any atom is -0.504 e. The summed E-state index contributed by atoms with van der Waals surface area (Å²) < 4.78 is 56.4. The normalized spacial score (nSPS) is 18.2. The molecule has 11 nitrogen and oxygen atoms in total. The van der Waals surface area contributed by atoms with Crippen molar-refractivity contribution in [3.05, 3.63) is 76.3 Å². The molecule has 3 aliphatic heterocycles. The molecule has 0 atom stereocenters. The predicted molar refractivity (Wildman–Crippen MR) is 157 cm³/mol. The summed E-state index contributed by atoms with van der Waals surface area (Å²) in [5.41, 5.74) is 2.85. The molecule has 3 aliphatic rings. The Bertz CT molecular complexity index is 1820. The number of nitrogens with zero attached hydrogens (tertiary/aromatic N) is 3. The molecule has 1 fully saturated rings. The Morgan fingerprint density at radius 2 is 1.30 bits per heavy atom. The van der Waals surface area contributed by atoms with Gasteiger partial charge in [0.05, 0.1) is 10.5 Å². The van der Waals surface area contributed by atoms with Crippen LogP contribution in [0.4, 0.5) is 0 Å². The van der Waals surface area contributed by atoms with Gasteiger partial charge in [-0.3, -0.25) is 4.79 Å². The molecule has 0 spiro atoms. The number of sulfonamides is 2. The molecular weight excluding hydrogens is 594 g/mol. The summed E-state index contributed by atoms with van der Waals surface area (Å²) in [6, 6.07) is 13.2. The summed E-state index contributed by atoms with van der Waals surface area (Å²) >= 11 is 0. The van der Waals surface area contributed by atoms with Crippen molar-refractivity contribution in [2.24, 2.45) is 0 Å². The zero-order valence-electron chi connectivity index (χ0n) is 23.4. The number of phenols is 3. The van der Waals surface area contributed by atoms with Gasteiger partial charge in [-0.05, 0) is 66.1 Å². The van der Waals surface area contributed by atoms with Crippen LogP contribution in [0.15, 0.2) is 58.3 Å². The quantitative estimate of drug-likeness (QED) is 0.365. The molecule has 0 aliphatic carbocycles. The highest BCUT2D eigenvalue weighted by molar-refractivity contribution is 7.89. The van der Waals surface area contributed by atoms with Crippen LogP contribution in [0.3, 0.4) is 0 Å². The van der Waals surface area contributed by atoms with Crippen molar-refractivity contribution >= 4 is 26.0 Å². The van der Waals surface area contributed by atoms with E-state index < -0.39 is 53.7 Å². The van der Waals surface area contributed by atoms with E-state index in [-0.39, 0.29) is 31.1 Å². The van der Waals surface area contributed by atoms with Crippen LogP contribution >= 0.6 is 0 Å². The number of fused-ring (bicyclic) bond motifs is 2. The zero-order valence-corrected chi connectivity index (χ0v) is 25.1. The van der Waals surface area contributed by atoms with E-state index in [1.165, 1.54) is 9.21 Å². The molecule has 0 bridgehead atoms. The Labute approximate surface area is 250 Å². The molecule has 0 saturated carbocycles. The summed E-state index contributed by atoms with van der Waals surface area (Å²) in [6.45, 7) is 1.34. The first-order valence-electron chi connectivity index (χ1n) is 14.2. The lowest BCUT2D eigenvalue weighted by molar-refractivity contribution is 0.0730. The fourth-order valence-electron chi connectivity index (χ4n) is 6.09. The molecule has 0 aromatic heterocycles. The van der Waals surface area contributed by atoms with Gasteiger partial charge in [0.2, 0.25) is 25.8 Å². The second kappa shape index (κ2) is 11.1. The summed E-state index contributed by atoms with van der Waals surface area (Å²) in [5.74, 6) is -3.83. The van der Waals surface area contributed by atoms with E-state index in [0.29, 0.717) is 31.5 Å². The first-order valence-corrected chi connectivity index (χ1v) is 17.1. The van der Waals surface area contributed by atoms with Gasteiger partial charge in [-0.2, -0.15) is 8.61 Å². The number of carbonyl (C=O) groups excluding carboxylic acids is 1. The van der Waals surface area contributed by atoms with Crippen molar-refractivity contribution in [2.75, 3.05) is 26.2 Å². The maximum Gasteiger partial charge on any atom is 0.258 e. The van der Waals surface area contributed by atoms with E-state index in [0.717, 1.165) is 46.3 Å². The van der Waals surface area contributed by atoms with E-state index in [2.05, 4.69) is 0 Å². The average molecular weight is 628 g/mol. The van der Waals surface area contributed by atoms with Crippen LogP contribution in [0.5, 0.6) is 17.2 Å². The number of phenolic OH excluding ortho intramolecular Hbond substituents is 3. The third kappa shape index (κ3) is 5.24. The highest BCUT2D eigenvalue weighted by atomic mass is 32.2. The van der Waals surface area contributed by atoms with Crippen molar-refractivity contribution in [2.45, 2.75) is 55.0 Å². The smallest absolute Gasteiger partial charge is 0.258 e. The maximum absolute atomic E-state index is 13.7. The summed E-state index contributed by atoms with van der Waals surface area (Å²) in [4.78, 5) is 14.5. The molecule has 13 heteroatoms. The fourth-order valence-corrected chi connectivity index (χ4v) is 9.18. The van der Waals surface area contributed by atoms with Gasteiger partial charge in [-0.25, -0.2) is 16.8 Å². The van der Waals surface area contributed by atoms with Crippen LogP contribution in [0.2, 0.25) is 0 Å². The number of amides is 1. The van der Waals surface area contributed by atoms with Gasteiger partial charge in [0.15, 0.2) is 11.5 Å². The largest absolute Gasteiger partial charge is 0.504 e. The van der Waals surface area contributed by atoms with Gasteiger partial charge in [0.25, 0.3) is 5.91 Å². The van der Waals surface area contributed by atoms with E-state index in [9.17, 15) is 36.9 Å². The zero-order chi connectivity index (χ0) is 30.5. The van der Waals surface area contributed by atoms with Crippen LogP contribution in [0.1, 0.15) is 51.9 Å². The van der Waals surface area contributed by atoms with Crippen molar-refractivity contribution in [3.8, 4) is 17.2 Å². The first kappa shape index (κ1) is 29.4. The average Bonchev–Trinajstić information content (AvgIpc) is 3.03. The molecule has 3 aromatic carbocycles. The first-order chi connectivity index (χ1) is 20.5. The molecule has 0 radical (unpaired) electrons. The van der Waals surface area contributed by atoms with Crippen LogP contribution < -0.4 is 0 Å². The Hall–Kier alpha value is -3.65. The lowest BCUT2D eigenvalue weighted by atomic mass is 9.99. The maximum atomic E-state index is 13.7. The molecule has 43 heavy (non-hydrogen) atoms. The van der Waals surface area contributed by atoms with Crippen molar-refractivity contribution in [1.29, 1.82) is 0 Å². The molecule has 3 N–H and O–H groups in total. The third-order valence-corrected chi connectivity index (χ3v) is 12.3. The molecular formula is C30H33N3O8S2. The van der Waals surface area contributed by atoms with E-state index >= 15 is 0 Å². The lowest BCUT2D eigenvalue weighted by Crippen LogP contribution is -2.38. The minimum absolute atomic E-state index is 0.0175. The Balaban J connectivity index is 1.29. The number of hydrogen-bond donors (Lipinski definition) is 3. The van der Waals surface area contributed by atoms with E-state index in [4.69, 9.17) is 0 Å².